The van der Waals surface area contributed by atoms with Crippen LogP contribution in [0.3, 0.4) is 0 Å². The molecule has 5 heteroatoms. The Morgan fingerprint density at radius 2 is 2.06 bits per heavy atom. The molecule has 0 saturated heterocycles. The molecule has 1 amide bonds. The molecule has 0 aliphatic carbocycles. The maximum atomic E-state index is 12.0. The average Bonchev–Trinajstić information content (AvgIpc) is 2.42. The highest BCUT2D eigenvalue weighted by atomic mass is 16.6. The molecule has 16 heavy (non-hydrogen) atoms. The van der Waals surface area contributed by atoms with Crippen LogP contribution in [0.25, 0.3) is 0 Å². The van der Waals surface area contributed by atoms with Crippen LogP contribution in [-0.2, 0) is 10.2 Å². The number of carbonyl (C=O) groups is 1. The zero-order valence-electron chi connectivity index (χ0n) is 9.14. The van der Waals surface area contributed by atoms with Crippen LogP contribution in [0.15, 0.2) is 24.3 Å². The van der Waals surface area contributed by atoms with Gasteiger partial charge >= 0.3 is 0 Å². The van der Waals surface area contributed by atoms with Crippen LogP contribution in [0.4, 0.5) is 5.69 Å². The van der Waals surface area contributed by atoms with E-state index < -0.39 is 10.3 Å². The van der Waals surface area contributed by atoms with E-state index in [-0.39, 0.29) is 12.5 Å². The molecule has 1 aliphatic heterocycles. The number of likely N-dealkylation sites (N-methyl/N-ethyl adjacent to an activating group) is 1. The maximum absolute atomic E-state index is 12.0. The Hall–Kier alpha value is -1.91. The van der Waals surface area contributed by atoms with Gasteiger partial charge in [-0.05, 0) is 18.6 Å². The lowest BCUT2D eigenvalue weighted by Crippen LogP contribution is -2.41. The Labute approximate surface area is 92.8 Å². The van der Waals surface area contributed by atoms with E-state index >= 15 is 0 Å². The Balaban J connectivity index is 2.56. The minimum Gasteiger partial charge on any atom is -0.314 e. The highest BCUT2D eigenvalue weighted by Crippen LogP contribution is 2.40. The summed E-state index contributed by atoms with van der Waals surface area (Å²) in [4.78, 5) is 23.7. The van der Waals surface area contributed by atoms with Crippen molar-refractivity contribution in [3.63, 3.8) is 0 Å². The topological polar surface area (TPSA) is 63.5 Å². The van der Waals surface area contributed by atoms with Crippen LogP contribution in [0, 0.1) is 10.1 Å². The highest BCUT2D eigenvalue weighted by Gasteiger charge is 2.49. The number of carbonyl (C=O) groups excluding carboxylic acids is 1. The second kappa shape index (κ2) is 3.30. The van der Waals surface area contributed by atoms with E-state index in [1.165, 1.54) is 4.90 Å². The Bertz CT molecular complexity index is 472. The van der Waals surface area contributed by atoms with Crippen LogP contribution in [0.2, 0.25) is 0 Å². The van der Waals surface area contributed by atoms with Crippen molar-refractivity contribution in [1.29, 1.82) is 0 Å². The normalized spacial score (nSPS) is 23.4. The molecule has 1 atom stereocenters. The highest BCUT2D eigenvalue weighted by molar-refractivity contribution is 6.07. The monoisotopic (exact) mass is 220 g/mol. The van der Waals surface area contributed by atoms with Crippen LogP contribution >= 0.6 is 0 Å². The molecule has 1 heterocycles. The molecule has 0 aromatic heterocycles. The number of hydrogen-bond acceptors (Lipinski definition) is 3. The van der Waals surface area contributed by atoms with Gasteiger partial charge in [-0.15, -0.1) is 0 Å². The quantitative estimate of drug-likeness (QED) is 0.555. The molecule has 0 fully saturated rings. The van der Waals surface area contributed by atoms with E-state index in [1.807, 2.05) is 6.07 Å². The lowest BCUT2D eigenvalue weighted by molar-refractivity contribution is -0.487. The van der Waals surface area contributed by atoms with E-state index in [0.717, 1.165) is 11.3 Å². The molecular weight excluding hydrogens is 208 g/mol. The lowest BCUT2D eigenvalue weighted by Gasteiger charge is -2.17. The summed E-state index contributed by atoms with van der Waals surface area (Å²) >= 11 is 0. The standard InChI is InChI=1S/C11H12N2O3/c1-11(7-13(15)16)8-5-3-4-6-9(8)12(2)10(11)14/h3-6H,7H2,1-2H3. The molecule has 1 aliphatic rings. The molecule has 0 radical (unpaired) electrons. The first-order chi connectivity index (χ1) is 7.47. The van der Waals surface area contributed by atoms with Crippen molar-refractivity contribution in [2.24, 2.45) is 0 Å². The fourth-order valence-electron chi connectivity index (χ4n) is 2.24. The van der Waals surface area contributed by atoms with Crippen molar-refractivity contribution in [1.82, 2.24) is 0 Å². The third kappa shape index (κ3) is 1.28. The van der Waals surface area contributed by atoms with Crippen molar-refractivity contribution in [3.05, 3.63) is 39.9 Å². The third-order valence-electron chi connectivity index (χ3n) is 3.08. The number of para-hydroxylation sites is 1. The van der Waals surface area contributed by atoms with Gasteiger partial charge in [0, 0.05) is 17.7 Å². The zero-order valence-corrected chi connectivity index (χ0v) is 9.14. The van der Waals surface area contributed by atoms with Crippen LogP contribution in [0.1, 0.15) is 12.5 Å². The molecule has 0 saturated carbocycles. The maximum Gasteiger partial charge on any atom is 0.243 e. The van der Waals surface area contributed by atoms with Crippen molar-refractivity contribution < 1.29 is 9.72 Å². The SMILES string of the molecule is CN1C(=O)C(C)(C[N+](=O)[O-])c2ccccc21. The number of anilines is 1. The van der Waals surface area contributed by atoms with E-state index in [0.29, 0.717) is 0 Å². The van der Waals surface area contributed by atoms with E-state index in [2.05, 4.69) is 0 Å². The van der Waals surface area contributed by atoms with Gasteiger partial charge in [-0.1, -0.05) is 18.2 Å². The summed E-state index contributed by atoms with van der Waals surface area (Å²) in [6.45, 7) is 1.26. The first-order valence-electron chi connectivity index (χ1n) is 4.96. The van der Waals surface area contributed by atoms with Crippen molar-refractivity contribution in [2.75, 3.05) is 18.5 Å². The fraction of sp³-hybridized carbons (Fsp3) is 0.364. The van der Waals surface area contributed by atoms with Gasteiger partial charge < -0.3 is 4.90 Å². The van der Waals surface area contributed by atoms with Gasteiger partial charge in [-0.25, -0.2) is 0 Å². The molecule has 0 N–H and O–H groups in total. The van der Waals surface area contributed by atoms with Crippen molar-refractivity contribution >= 4 is 11.6 Å². The number of benzene rings is 1. The zero-order chi connectivity index (χ0) is 11.9. The largest absolute Gasteiger partial charge is 0.314 e. The summed E-state index contributed by atoms with van der Waals surface area (Å²) < 4.78 is 0. The van der Waals surface area contributed by atoms with E-state index in [4.69, 9.17) is 0 Å². The van der Waals surface area contributed by atoms with Gasteiger partial charge in [0.1, 0.15) is 5.41 Å². The van der Waals surface area contributed by atoms with Crippen LogP contribution < -0.4 is 4.90 Å². The van der Waals surface area contributed by atoms with Crippen LogP contribution in [0.5, 0.6) is 0 Å². The molecule has 1 aromatic rings. The van der Waals surface area contributed by atoms with Gasteiger partial charge in [0.25, 0.3) is 0 Å². The number of nitrogens with zero attached hydrogens (tertiary/aromatic N) is 2. The molecule has 0 spiro atoms. The van der Waals surface area contributed by atoms with Gasteiger partial charge in [-0.2, -0.15) is 0 Å². The van der Waals surface area contributed by atoms with Gasteiger partial charge in [0.2, 0.25) is 12.5 Å². The summed E-state index contributed by atoms with van der Waals surface area (Å²) in [7, 11) is 1.65. The first-order valence-corrected chi connectivity index (χ1v) is 4.96. The average molecular weight is 220 g/mol. The van der Waals surface area contributed by atoms with Crippen LogP contribution in [-0.4, -0.2) is 24.4 Å². The third-order valence-corrected chi connectivity index (χ3v) is 3.08. The Morgan fingerprint density at radius 3 is 2.69 bits per heavy atom. The van der Waals surface area contributed by atoms with Gasteiger partial charge in [0.05, 0.1) is 0 Å². The van der Waals surface area contributed by atoms with Crippen molar-refractivity contribution in [3.8, 4) is 0 Å². The first kappa shape index (κ1) is 10.6. The number of fused-ring (bicyclic) bond motifs is 1. The number of hydrogen-bond donors (Lipinski definition) is 0. The molecule has 0 bridgehead atoms. The number of nitro groups is 1. The molecular formula is C11H12N2O3. The smallest absolute Gasteiger partial charge is 0.243 e. The molecule has 5 nitrogen and oxygen atoms in total. The summed E-state index contributed by atoms with van der Waals surface area (Å²) in [5, 5.41) is 10.7. The van der Waals surface area contributed by atoms with Gasteiger partial charge in [-0.3, -0.25) is 14.9 Å². The predicted molar refractivity (Wildman–Crippen MR) is 59.1 cm³/mol. The molecule has 2 rings (SSSR count). The van der Waals surface area contributed by atoms with Gasteiger partial charge in [0.15, 0.2) is 0 Å². The van der Waals surface area contributed by atoms with E-state index in [9.17, 15) is 14.9 Å². The number of rotatable bonds is 2. The molecule has 1 unspecified atom stereocenters. The number of amides is 1. The minimum absolute atomic E-state index is 0.217. The summed E-state index contributed by atoms with van der Waals surface area (Å²) in [6.07, 6.45) is 0. The Morgan fingerprint density at radius 1 is 1.44 bits per heavy atom. The van der Waals surface area contributed by atoms with E-state index in [1.54, 1.807) is 32.2 Å². The Kier molecular flexibility index (Phi) is 2.18. The summed E-state index contributed by atoms with van der Waals surface area (Å²) in [6, 6.07) is 7.20. The molecule has 1 aromatic carbocycles. The summed E-state index contributed by atoms with van der Waals surface area (Å²) in [5.74, 6) is -0.217. The second-order valence-corrected chi connectivity index (χ2v) is 4.20. The lowest BCUT2D eigenvalue weighted by atomic mass is 9.84. The minimum atomic E-state index is -1.03. The molecule has 84 valence electrons. The van der Waals surface area contributed by atoms with Crippen molar-refractivity contribution in [2.45, 2.75) is 12.3 Å². The predicted octanol–water partition coefficient (Wildman–Crippen LogP) is 1.20. The fourth-order valence-corrected chi connectivity index (χ4v) is 2.24. The second-order valence-electron chi connectivity index (χ2n) is 4.20. The summed E-state index contributed by atoms with van der Waals surface area (Å²) in [5.41, 5.74) is 0.463.